The van der Waals surface area contributed by atoms with Crippen LogP contribution in [0.15, 0.2) is 78.9 Å². The summed E-state index contributed by atoms with van der Waals surface area (Å²) in [6.45, 7) is 0.550. The number of nitrogens with one attached hydrogen (secondary N) is 1. The minimum absolute atomic E-state index is 0.130. The summed E-state index contributed by atoms with van der Waals surface area (Å²) in [7, 11) is 1.32. The van der Waals surface area contributed by atoms with Crippen LogP contribution < -0.4 is 5.32 Å². The molecule has 5 rings (SSSR count). The summed E-state index contributed by atoms with van der Waals surface area (Å²) in [5, 5.41) is 2.93. The number of methoxy groups -OCH3 is 1. The molecule has 1 heterocycles. The fourth-order valence-corrected chi connectivity index (χ4v) is 5.27. The van der Waals surface area contributed by atoms with Crippen molar-refractivity contribution in [2.45, 2.75) is 37.5 Å². The Bertz CT molecular complexity index is 1230. The number of esters is 1. The van der Waals surface area contributed by atoms with Gasteiger partial charge in [-0.2, -0.15) is 0 Å². The second kappa shape index (κ2) is 10.2. The summed E-state index contributed by atoms with van der Waals surface area (Å²) >= 11 is 0. The zero-order valence-electron chi connectivity index (χ0n) is 20.1. The summed E-state index contributed by atoms with van der Waals surface area (Å²) in [6.07, 6.45) is 0.636. The van der Waals surface area contributed by atoms with Crippen molar-refractivity contribution in [3.05, 3.63) is 95.6 Å². The lowest BCUT2D eigenvalue weighted by molar-refractivity contribution is -0.146. The van der Waals surface area contributed by atoms with Crippen LogP contribution in [0.2, 0.25) is 0 Å². The van der Waals surface area contributed by atoms with Gasteiger partial charge in [-0.15, -0.1) is 0 Å². The van der Waals surface area contributed by atoms with Crippen LogP contribution in [-0.4, -0.2) is 48.6 Å². The summed E-state index contributed by atoms with van der Waals surface area (Å²) in [5.74, 6) is -1.31. The summed E-state index contributed by atoms with van der Waals surface area (Å²) < 4.78 is 10.6. The van der Waals surface area contributed by atoms with Gasteiger partial charge in [0.2, 0.25) is 5.91 Å². The molecule has 1 fully saturated rings. The van der Waals surface area contributed by atoms with Gasteiger partial charge in [0, 0.05) is 12.5 Å². The fraction of sp³-hybridized carbons (Fsp3) is 0.276. The number of rotatable bonds is 6. The molecule has 7 heteroatoms. The van der Waals surface area contributed by atoms with Crippen LogP contribution in [0.25, 0.3) is 11.1 Å². The van der Waals surface area contributed by atoms with Crippen molar-refractivity contribution in [3.8, 4) is 11.1 Å². The van der Waals surface area contributed by atoms with E-state index in [4.69, 9.17) is 9.47 Å². The zero-order chi connectivity index (χ0) is 25.1. The number of hydrogen-bond acceptors (Lipinski definition) is 5. The summed E-state index contributed by atoms with van der Waals surface area (Å²) in [5.41, 5.74) is 4.86. The highest BCUT2D eigenvalue weighted by Gasteiger charge is 2.42. The van der Waals surface area contributed by atoms with Crippen LogP contribution in [0.5, 0.6) is 0 Å². The number of carbonyl (C=O) groups is 3. The molecule has 1 N–H and O–H groups in total. The van der Waals surface area contributed by atoms with E-state index < -0.39 is 30.1 Å². The number of fused-ring (bicyclic) bond motifs is 3. The first-order chi connectivity index (χ1) is 17.6. The Morgan fingerprint density at radius 3 is 2.17 bits per heavy atom. The Balaban J connectivity index is 1.36. The number of likely N-dealkylation sites (tertiary alicyclic amines) is 1. The highest BCUT2D eigenvalue weighted by molar-refractivity contribution is 5.92. The molecule has 2 atom stereocenters. The predicted octanol–water partition coefficient (Wildman–Crippen LogP) is 4.26. The molecule has 36 heavy (non-hydrogen) atoms. The molecule has 3 aromatic carbocycles. The monoisotopic (exact) mass is 484 g/mol. The molecule has 0 unspecified atom stereocenters. The Kier molecular flexibility index (Phi) is 6.71. The van der Waals surface area contributed by atoms with E-state index in [2.05, 4.69) is 5.32 Å². The molecule has 1 aliphatic carbocycles. The van der Waals surface area contributed by atoms with Gasteiger partial charge in [-0.25, -0.2) is 9.59 Å². The predicted molar refractivity (Wildman–Crippen MR) is 134 cm³/mol. The molecule has 1 aliphatic heterocycles. The highest BCUT2D eigenvalue weighted by Crippen LogP contribution is 2.46. The molecule has 3 aromatic rings. The van der Waals surface area contributed by atoms with Gasteiger partial charge < -0.3 is 14.8 Å². The minimum Gasteiger partial charge on any atom is -0.467 e. The molecular formula is C29H28N2O5. The van der Waals surface area contributed by atoms with Crippen LogP contribution in [0, 0.1) is 0 Å². The van der Waals surface area contributed by atoms with Gasteiger partial charge in [-0.05, 0) is 40.7 Å². The van der Waals surface area contributed by atoms with Gasteiger partial charge in [0.05, 0.1) is 7.11 Å². The van der Waals surface area contributed by atoms with E-state index >= 15 is 0 Å². The second-order valence-electron chi connectivity index (χ2n) is 9.05. The van der Waals surface area contributed by atoms with Gasteiger partial charge in [0.1, 0.15) is 18.7 Å². The van der Waals surface area contributed by atoms with Crippen molar-refractivity contribution >= 4 is 18.0 Å². The maximum atomic E-state index is 13.5. The van der Waals surface area contributed by atoms with Crippen LogP contribution in [0.4, 0.5) is 4.79 Å². The Morgan fingerprint density at radius 2 is 1.53 bits per heavy atom. The third-order valence-corrected chi connectivity index (χ3v) is 6.96. The number of carbonyl (C=O) groups excluding carboxylic acids is 3. The van der Waals surface area contributed by atoms with Gasteiger partial charge in [0.15, 0.2) is 0 Å². The third-order valence-electron chi connectivity index (χ3n) is 6.96. The molecule has 0 aromatic heterocycles. The molecule has 0 radical (unpaired) electrons. The average Bonchev–Trinajstić information content (AvgIpc) is 3.54. The van der Waals surface area contributed by atoms with Crippen LogP contribution in [0.3, 0.4) is 0 Å². The number of benzene rings is 3. The van der Waals surface area contributed by atoms with E-state index in [1.807, 2.05) is 78.9 Å². The Hall–Kier alpha value is -4.13. The molecule has 0 bridgehead atoms. The lowest BCUT2D eigenvalue weighted by atomic mass is 9.89. The largest absolute Gasteiger partial charge is 0.467 e. The first-order valence-electron chi connectivity index (χ1n) is 12.1. The van der Waals surface area contributed by atoms with E-state index in [-0.39, 0.29) is 12.5 Å². The standard InChI is InChI=1S/C29H28N2O5/c1-35-28(33)26(25-22-14-7-5-12-20(22)21-13-6-8-15-23(21)25)30-27(32)24-16-9-17-31(24)29(34)36-18-19-10-3-2-4-11-19/h2-8,10-15,24-26H,9,16-18H2,1H3,(H,30,32)/t24-,26+/m1/s1. The van der Waals surface area contributed by atoms with E-state index in [9.17, 15) is 14.4 Å². The van der Waals surface area contributed by atoms with Crippen molar-refractivity contribution in [2.75, 3.05) is 13.7 Å². The van der Waals surface area contributed by atoms with Crippen LogP contribution in [0.1, 0.15) is 35.4 Å². The highest BCUT2D eigenvalue weighted by atomic mass is 16.6. The van der Waals surface area contributed by atoms with Crippen LogP contribution >= 0.6 is 0 Å². The normalized spacial score (nSPS) is 17.1. The van der Waals surface area contributed by atoms with E-state index in [1.54, 1.807) is 0 Å². The second-order valence-corrected chi connectivity index (χ2v) is 9.05. The van der Waals surface area contributed by atoms with Gasteiger partial charge in [-0.3, -0.25) is 9.69 Å². The van der Waals surface area contributed by atoms with Crippen molar-refractivity contribution in [3.63, 3.8) is 0 Å². The molecule has 184 valence electrons. The van der Waals surface area contributed by atoms with E-state index in [0.29, 0.717) is 19.4 Å². The molecular weight excluding hydrogens is 456 g/mol. The van der Waals surface area contributed by atoms with Crippen molar-refractivity contribution in [2.24, 2.45) is 0 Å². The SMILES string of the molecule is COC(=O)[C@@H](NC(=O)[C@H]1CCCN1C(=O)OCc1ccccc1)C1c2ccccc2-c2ccccc21. The molecule has 2 aliphatic rings. The lowest BCUT2D eigenvalue weighted by Crippen LogP contribution is -2.53. The molecule has 0 spiro atoms. The average molecular weight is 485 g/mol. The molecule has 1 saturated heterocycles. The van der Waals surface area contributed by atoms with E-state index in [1.165, 1.54) is 12.0 Å². The topological polar surface area (TPSA) is 84.9 Å². The van der Waals surface area contributed by atoms with Crippen molar-refractivity contribution in [1.82, 2.24) is 10.2 Å². The fourth-order valence-electron chi connectivity index (χ4n) is 5.27. The van der Waals surface area contributed by atoms with Crippen LogP contribution in [-0.2, 0) is 25.7 Å². The van der Waals surface area contributed by atoms with Crippen molar-refractivity contribution < 1.29 is 23.9 Å². The number of nitrogens with zero attached hydrogens (tertiary/aromatic N) is 1. The lowest BCUT2D eigenvalue weighted by Gasteiger charge is -2.28. The maximum absolute atomic E-state index is 13.5. The first kappa shape index (κ1) is 23.6. The maximum Gasteiger partial charge on any atom is 0.410 e. The molecule has 2 amide bonds. The Morgan fingerprint density at radius 1 is 0.917 bits per heavy atom. The van der Waals surface area contributed by atoms with E-state index in [0.717, 1.165) is 27.8 Å². The molecule has 7 nitrogen and oxygen atoms in total. The first-order valence-corrected chi connectivity index (χ1v) is 12.1. The minimum atomic E-state index is -0.935. The number of ether oxygens (including phenoxy) is 2. The van der Waals surface area contributed by atoms with Gasteiger partial charge in [-0.1, -0.05) is 78.9 Å². The molecule has 0 saturated carbocycles. The Labute approximate surface area is 210 Å². The smallest absolute Gasteiger partial charge is 0.410 e. The summed E-state index contributed by atoms with van der Waals surface area (Å²) in [4.78, 5) is 40.8. The quantitative estimate of drug-likeness (QED) is 0.529. The number of hydrogen-bond donors (Lipinski definition) is 1. The van der Waals surface area contributed by atoms with Gasteiger partial charge in [0.25, 0.3) is 0 Å². The number of amides is 2. The zero-order valence-corrected chi connectivity index (χ0v) is 20.1. The van der Waals surface area contributed by atoms with Gasteiger partial charge >= 0.3 is 12.1 Å². The van der Waals surface area contributed by atoms with Crippen molar-refractivity contribution in [1.29, 1.82) is 0 Å². The third kappa shape index (κ3) is 4.44. The summed E-state index contributed by atoms with van der Waals surface area (Å²) in [6, 6.07) is 23.5.